The van der Waals surface area contributed by atoms with Crippen molar-refractivity contribution in [2.24, 2.45) is 0 Å². The summed E-state index contributed by atoms with van der Waals surface area (Å²) in [6.07, 6.45) is 4.10. The Hall–Kier alpha value is -2.41. The maximum Gasteiger partial charge on any atom is 0.264 e. The third-order valence-electron chi connectivity index (χ3n) is 3.04. The molecular formula is C14H14N4O2S. The molecule has 0 aromatic carbocycles. The van der Waals surface area contributed by atoms with E-state index in [0.29, 0.717) is 22.0 Å². The number of pyridine rings is 1. The van der Waals surface area contributed by atoms with E-state index in [1.165, 1.54) is 11.3 Å². The second-order valence-corrected chi connectivity index (χ2v) is 5.50. The number of rotatable bonds is 4. The lowest BCUT2D eigenvalue weighted by Gasteiger charge is -2.01. The number of aryl methyl sites for hydroxylation is 1. The number of thiophene rings is 1. The molecule has 0 saturated carbocycles. The Morgan fingerprint density at radius 1 is 1.48 bits per heavy atom. The molecule has 108 valence electrons. The molecule has 0 aliphatic rings. The van der Waals surface area contributed by atoms with Crippen molar-refractivity contribution in [3.8, 4) is 0 Å². The van der Waals surface area contributed by atoms with Gasteiger partial charge in [0.2, 0.25) is 5.89 Å². The highest BCUT2D eigenvalue weighted by Crippen LogP contribution is 2.31. The number of amides is 1. The van der Waals surface area contributed by atoms with Gasteiger partial charge in [-0.05, 0) is 12.1 Å². The summed E-state index contributed by atoms with van der Waals surface area (Å²) in [7, 11) is 0. The molecule has 0 bridgehead atoms. The van der Waals surface area contributed by atoms with Crippen LogP contribution in [0.1, 0.15) is 28.2 Å². The molecule has 3 N–H and O–H groups in total. The Morgan fingerprint density at radius 3 is 3.05 bits per heavy atom. The molecule has 0 atom stereocenters. The zero-order valence-electron chi connectivity index (χ0n) is 11.4. The van der Waals surface area contributed by atoms with Gasteiger partial charge in [-0.1, -0.05) is 6.92 Å². The maximum atomic E-state index is 12.2. The zero-order chi connectivity index (χ0) is 14.8. The Bertz CT molecular complexity index is 793. The lowest BCUT2D eigenvalue weighted by atomic mass is 10.3. The van der Waals surface area contributed by atoms with Gasteiger partial charge in [0.15, 0.2) is 0 Å². The quantitative estimate of drug-likeness (QED) is 0.771. The first kappa shape index (κ1) is 13.6. The summed E-state index contributed by atoms with van der Waals surface area (Å²) >= 11 is 1.33. The number of nitrogen functional groups attached to an aromatic ring is 1. The van der Waals surface area contributed by atoms with Crippen LogP contribution in [0.4, 0.5) is 5.69 Å². The normalized spacial score (nSPS) is 10.9. The molecule has 6 nitrogen and oxygen atoms in total. The van der Waals surface area contributed by atoms with Gasteiger partial charge in [0.1, 0.15) is 16.2 Å². The van der Waals surface area contributed by atoms with Gasteiger partial charge in [-0.25, -0.2) is 4.98 Å². The smallest absolute Gasteiger partial charge is 0.264 e. The second kappa shape index (κ2) is 5.53. The van der Waals surface area contributed by atoms with Crippen molar-refractivity contribution >= 4 is 33.1 Å². The molecule has 0 saturated heterocycles. The van der Waals surface area contributed by atoms with Gasteiger partial charge in [-0.15, -0.1) is 11.3 Å². The standard InChI is InChI=1S/C14H14N4O2S/c1-2-8-6-17-10(20-8)7-18-14(19)13-11(15)12-9(21-13)4-3-5-16-12/h3-6H,2,7,15H2,1H3,(H,18,19). The Balaban J connectivity index is 1.76. The van der Waals surface area contributed by atoms with E-state index in [0.717, 1.165) is 16.9 Å². The van der Waals surface area contributed by atoms with Crippen molar-refractivity contribution in [2.45, 2.75) is 19.9 Å². The first-order valence-electron chi connectivity index (χ1n) is 6.53. The predicted octanol–water partition coefficient (Wildman–Crippen LogP) is 2.36. The number of hydrogen-bond donors (Lipinski definition) is 2. The topological polar surface area (TPSA) is 94.0 Å². The highest BCUT2D eigenvalue weighted by molar-refractivity contribution is 7.21. The van der Waals surface area contributed by atoms with E-state index >= 15 is 0 Å². The Morgan fingerprint density at radius 2 is 2.33 bits per heavy atom. The van der Waals surface area contributed by atoms with Crippen LogP contribution in [-0.4, -0.2) is 15.9 Å². The Kier molecular flexibility index (Phi) is 3.57. The Labute approximate surface area is 125 Å². The molecule has 0 aliphatic heterocycles. The van der Waals surface area contributed by atoms with Crippen LogP contribution >= 0.6 is 11.3 Å². The van der Waals surface area contributed by atoms with Gasteiger partial charge < -0.3 is 15.5 Å². The molecule has 3 rings (SSSR count). The van der Waals surface area contributed by atoms with Crippen LogP contribution in [0.3, 0.4) is 0 Å². The van der Waals surface area contributed by atoms with Gasteiger partial charge in [0, 0.05) is 12.6 Å². The minimum Gasteiger partial charge on any atom is -0.444 e. The van der Waals surface area contributed by atoms with E-state index in [-0.39, 0.29) is 12.5 Å². The fourth-order valence-electron chi connectivity index (χ4n) is 1.95. The van der Waals surface area contributed by atoms with Crippen LogP contribution in [0.5, 0.6) is 0 Å². The summed E-state index contributed by atoms with van der Waals surface area (Å²) in [5.41, 5.74) is 7.06. The second-order valence-electron chi connectivity index (χ2n) is 4.45. The minimum atomic E-state index is -0.244. The summed E-state index contributed by atoms with van der Waals surface area (Å²) in [6, 6.07) is 3.71. The van der Waals surface area contributed by atoms with Crippen LogP contribution < -0.4 is 11.1 Å². The van der Waals surface area contributed by atoms with Crippen LogP contribution in [0.15, 0.2) is 28.9 Å². The number of carbonyl (C=O) groups is 1. The number of oxazole rings is 1. The third-order valence-corrected chi connectivity index (χ3v) is 4.20. The zero-order valence-corrected chi connectivity index (χ0v) is 12.2. The monoisotopic (exact) mass is 302 g/mol. The number of fused-ring (bicyclic) bond motifs is 1. The first-order valence-corrected chi connectivity index (χ1v) is 7.35. The molecular weight excluding hydrogens is 288 g/mol. The number of aromatic nitrogens is 2. The molecule has 0 unspecified atom stereocenters. The lowest BCUT2D eigenvalue weighted by molar-refractivity contribution is 0.0952. The molecule has 7 heteroatoms. The highest BCUT2D eigenvalue weighted by atomic mass is 32.1. The van der Waals surface area contributed by atoms with Crippen molar-refractivity contribution in [2.75, 3.05) is 5.73 Å². The number of hydrogen-bond acceptors (Lipinski definition) is 6. The fraction of sp³-hybridized carbons (Fsp3) is 0.214. The first-order chi connectivity index (χ1) is 10.2. The highest BCUT2D eigenvalue weighted by Gasteiger charge is 2.17. The number of carbonyl (C=O) groups excluding carboxylic acids is 1. The van der Waals surface area contributed by atoms with Crippen LogP contribution in [0.25, 0.3) is 10.2 Å². The van der Waals surface area contributed by atoms with Crippen molar-refractivity contribution < 1.29 is 9.21 Å². The molecule has 3 heterocycles. The minimum absolute atomic E-state index is 0.236. The van der Waals surface area contributed by atoms with Crippen LogP contribution in [0, 0.1) is 0 Å². The molecule has 1 amide bonds. The molecule has 0 spiro atoms. The molecule has 3 aromatic rings. The van der Waals surface area contributed by atoms with Crippen molar-refractivity contribution in [3.63, 3.8) is 0 Å². The number of nitrogens with one attached hydrogen (secondary N) is 1. The number of anilines is 1. The molecule has 3 aromatic heterocycles. The van der Waals surface area contributed by atoms with Crippen molar-refractivity contribution in [1.29, 1.82) is 0 Å². The van der Waals surface area contributed by atoms with Gasteiger partial charge >= 0.3 is 0 Å². The van der Waals surface area contributed by atoms with Gasteiger partial charge in [-0.2, -0.15) is 0 Å². The summed E-state index contributed by atoms with van der Waals surface area (Å²) in [5.74, 6) is 1.04. The van der Waals surface area contributed by atoms with E-state index < -0.39 is 0 Å². The third kappa shape index (κ3) is 2.59. The van der Waals surface area contributed by atoms with Gasteiger partial charge in [-0.3, -0.25) is 9.78 Å². The van der Waals surface area contributed by atoms with E-state index in [2.05, 4.69) is 15.3 Å². The summed E-state index contributed by atoms with van der Waals surface area (Å²) in [6.45, 7) is 2.22. The summed E-state index contributed by atoms with van der Waals surface area (Å²) < 4.78 is 6.34. The van der Waals surface area contributed by atoms with Crippen LogP contribution in [-0.2, 0) is 13.0 Å². The number of nitrogens with two attached hydrogens (primary N) is 1. The average molecular weight is 302 g/mol. The van der Waals surface area contributed by atoms with Gasteiger partial charge in [0.05, 0.1) is 23.1 Å². The summed E-state index contributed by atoms with van der Waals surface area (Å²) in [5, 5.41) is 2.76. The average Bonchev–Trinajstić information content (AvgIpc) is 3.10. The fourth-order valence-corrected chi connectivity index (χ4v) is 2.94. The van der Waals surface area contributed by atoms with E-state index in [9.17, 15) is 4.79 Å². The molecule has 0 radical (unpaired) electrons. The van der Waals surface area contributed by atoms with Crippen LogP contribution in [0.2, 0.25) is 0 Å². The summed E-state index contributed by atoms with van der Waals surface area (Å²) in [4.78, 5) is 21.0. The predicted molar refractivity (Wildman–Crippen MR) is 81.1 cm³/mol. The van der Waals surface area contributed by atoms with E-state index in [1.54, 1.807) is 12.4 Å². The van der Waals surface area contributed by atoms with Crippen molar-refractivity contribution in [3.05, 3.63) is 41.1 Å². The molecule has 21 heavy (non-hydrogen) atoms. The lowest BCUT2D eigenvalue weighted by Crippen LogP contribution is -2.22. The van der Waals surface area contributed by atoms with Gasteiger partial charge in [0.25, 0.3) is 5.91 Å². The largest absolute Gasteiger partial charge is 0.444 e. The molecule has 0 aliphatic carbocycles. The molecule has 0 fully saturated rings. The van der Waals surface area contributed by atoms with E-state index in [4.69, 9.17) is 10.2 Å². The van der Waals surface area contributed by atoms with E-state index in [1.807, 2.05) is 19.1 Å². The number of nitrogens with zero attached hydrogens (tertiary/aromatic N) is 2. The van der Waals surface area contributed by atoms with Crippen molar-refractivity contribution in [1.82, 2.24) is 15.3 Å². The SMILES string of the molecule is CCc1cnc(CNC(=O)c2sc3cccnc3c2N)o1. The maximum absolute atomic E-state index is 12.2.